The molecule has 0 saturated carbocycles. The van der Waals surface area contributed by atoms with E-state index in [-0.39, 0.29) is 24.6 Å². The van der Waals surface area contributed by atoms with Crippen molar-refractivity contribution in [3.8, 4) is 0 Å². The summed E-state index contributed by atoms with van der Waals surface area (Å²) in [6.45, 7) is 3.34. The molecule has 0 aromatic heterocycles. The zero-order valence-corrected chi connectivity index (χ0v) is 10.9. The molecule has 0 bridgehead atoms. The van der Waals surface area contributed by atoms with E-state index in [1.54, 1.807) is 12.1 Å². The van der Waals surface area contributed by atoms with E-state index < -0.39 is 0 Å². The number of anilines is 1. The minimum Gasteiger partial charge on any atom is -0.409 e. The highest BCUT2D eigenvalue weighted by atomic mass is 16.5. The van der Waals surface area contributed by atoms with Crippen LogP contribution in [-0.2, 0) is 4.74 Å². The van der Waals surface area contributed by atoms with E-state index in [1.807, 2.05) is 12.1 Å². The van der Waals surface area contributed by atoms with Gasteiger partial charge in [0.1, 0.15) is 0 Å². The number of nitrogens with zero attached hydrogens (tertiary/aromatic N) is 2. The molecular formula is C13H19N3O3. The van der Waals surface area contributed by atoms with Gasteiger partial charge in [-0.2, -0.15) is 0 Å². The standard InChI is InChI=1S/C13H19N3O3/c1-9-8-19-12(7-17)6-16(9)11-4-2-10(3-5-11)13(14)15-18/h2-5,9,12,17-18H,6-8H2,1H3,(H2,14,15). The summed E-state index contributed by atoms with van der Waals surface area (Å²) in [5, 5.41) is 20.8. The molecule has 2 atom stereocenters. The van der Waals surface area contributed by atoms with Crippen LogP contribution < -0.4 is 10.6 Å². The maximum Gasteiger partial charge on any atom is 0.170 e. The molecule has 2 unspecified atom stereocenters. The molecule has 1 aromatic rings. The van der Waals surface area contributed by atoms with Crippen LogP contribution in [-0.4, -0.2) is 48.1 Å². The van der Waals surface area contributed by atoms with Crippen LogP contribution in [0.1, 0.15) is 12.5 Å². The largest absolute Gasteiger partial charge is 0.409 e. The third kappa shape index (κ3) is 2.97. The molecule has 0 amide bonds. The lowest BCUT2D eigenvalue weighted by Crippen LogP contribution is -2.49. The number of morpholine rings is 1. The zero-order valence-electron chi connectivity index (χ0n) is 10.9. The van der Waals surface area contributed by atoms with Crippen molar-refractivity contribution in [2.45, 2.75) is 19.1 Å². The summed E-state index contributed by atoms with van der Waals surface area (Å²) in [5.41, 5.74) is 7.23. The van der Waals surface area contributed by atoms with Gasteiger partial charge in [0.2, 0.25) is 0 Å². The van der Waals surface area contributed by atoms with Gasteiger partial charge in [0.25, 0.3) is 0 Å². The molecule has 4 N–H and O–H groups in total. The number of nitrogens with two attached hydrogens (primary N) is 1. The molecule has 19 heavy (non-hydrogen) atoms. The normalized spacial score (nSPS) is 24.5. The highest BCUT2D eigenvalue weighted by molar-refractivity contribution is 5.97. The molecule has 6 nitrogen and oxygen atoms in total. The second-order valence-corrected chi connectivity index (χ2v) is 4.67. The van der Waals surface area contributed by atoms with Crippen molar-refractivity contribution in [2.75, 3.05) is 24.7 Å². The van der Waals surface area contributed by atoms with E-state index in [0.29, 0.717) is 18.7 Å². The first-order valence-electron chi connectivity index (χ1n) is 6.22. The molecule has 0 aliphatic carbocycles. The lowest BCUT2D eigenvalue weighted by atomic mass is 10.1. The molecule has 1 aromatic carbocycles. The first-order chi connectivity index (χ1) is 9.15. The molecular weight excluding hydrogens is 246 g/mol. The Morgan fingerprint density at radius 2 is 2.16 bits per heavy atom. The summed E-state index contributed by atoms with van der Waals surface area (Å²) in [7, 11) is 0. The fourth-order valence-electron chi connectivity index (χ4n) is 2.17. The van der Waals surface area contributed by atoms with Gasteiger partial charge in [0.05, 0.1) is 19.3 Å². The summed E-state index contributed by atoms with van der Waals surface area (Å²) in [6, 6.07) is 7.70. The van der Waals surface area contributed by atoms with Crippen LogP contribution in [0.25, 0.3) is 0 Å². The van der Waals surface area contributed by atoms with Gasteiger partial charge < -0.3 is 25.7 Å². The Kier molecular flexibility index (Phi) is 4.24. The lowest BCUT2D eigenvalue weighted by molar-refractivity contribution is -0.0103. The number of ether oxygens (including phenoxy) is 1. The van der Waals surface area contributed by atoms with E-state index in [2.05, 4.69) is 17.0 Å². The number of aliphatic hydroxyl groups excluding tert-OH is 1. The fourth-order valence-corrected chi connectivity index (χ4v) is 2.17. The van der Waals surface area contributed by atoms with Gasteiger partial charge in [-0.05, 0) is 31.2 Å². The minimum atomic E-state index is -0.153. The Bertz CT molecular complexity index is 447. The van der Waals surface area contributed by atoms with Gasteiger partial charge in [0, 0.05) is 23.8 Å². The highest BCUT2D eigenvalue weighted by Gasteiger charge is 2.25. The molecule has 1 saturated heterocycles. The number of hydrogen-bond donors (Lipinski definition) is 3. The van der Waals surface area contributed by atoms with Crippen molar-refractivity contribution in [1.29, 1.82) is 0 Å². The van der Waals surface area contributed by atoms with E-state index in [9.17, 15) is 5.11 Å². The Morgan fingerprint density at radius 3 is 2.74 bits per heavy atom. The molecule has 6 heteroatoms. The van der Waals surface area contributed by atoms with Gasteiger partial charge in [-0.1, -0.05) is 5.16 Å². The minimum absolute atomic E-state index is 0.0193. The average molecular weight is 265 g/mol. The van der Waals surface area contributed by atoms with E-state index in [1.165, 1.54) is 0 Å². The van der Waals surface area contributed by atoms with Crippen molar-refractivity contribution in [2.24, 2.45) is 10.9 Å². The Hall–Kier alpha value is -1.79. The van der Waals surface area contributed by atoms with Crippen LogP contribution in [0.15, 0.2) is 29.4 Å². The molecule has 1 aliphatic heterocycles. The van der Waals surface area contributed by atoms with Crippen molar-refractivity contribution in [3.05, 3.63) is 29.8 Å². The van der Waals surface area contributed by atoms with Gasteiger partial charge in [-0.25, -0.2) is 0 Å². The maximum absolute atomic E-state index is 9.18. The number of rotatable bonds is 3. The molecule has 2 rings (SSSR count). The number of hydrogen-bond acceptors (Lipinski definition) is 5. The molecule has 1 aliphatic rings. The monoisotopic (exact) mass is 265 g/mol. The quantitative estimate of drug-likeness (QED) is 0.318. The smallest absolute Gasteiger partial charge is 0.170 e. The molecule has 1 fully saturated rings. The van der Waals surface area contributed by atoms with Crippen molar-refractivity contribution < 1.29 is 15.1 Å². The number of aliphatic hydroxyl groups is 1. The van der Waals surface area contributed by atoms with E-state index in [4.69, 9.17) is 15.7 Å². The van der Waals surface area contributed by atoms with Crippen LogP contribution in [0.3, 0.4) is 0 Å². The Labute approximate surface area is 112 Å². The zero-order chi connectivity index (χ0) is 13.8. The van der Waals surface area contributed by atoms with Crippen molar-refractivity contribution in [3.63, 3.8) is 0 Å². The van der Waals surface area contributed by atoms with Crippen LogP contribution in [0.4, 0.5) is 5.69 Å². The molecule has 0 radical (unpaired) electrons. The predicted molar refractivity (Wildman–Crippen MR) is 72.6 cm³/mol. The fraction of sp³-hybridized carbons (Fsp3) is 0.462. The summed E-state index contributed by atoms with van der Waals surface area (Å²) in [5.74, 6) is 0.0924. The van der Waals surface area contributed by atoms with E-state index >= 15 is 0 Å². The van der Waals surface area contributed by atoms with Crippen molar-refractivity contribution in [1.82, 2.24) is 0 Å². The highest BCUT2D eigenvalue weighted by Crippen LogP contribution is 2.22. The molecule has 1 heterocycles. The average Bonchev–Trinajstić information content (AvgIpc) is 2.47. The summed E-state index contributed by atoms with van der Waals surface area (Å²) in [4.78, 5) is 2.18. The third-order valence-electron chi connectivity index (χ3n) is 3.31. The second-order valence-electron chi connectivity index (χ2n) is 4.67. The first kappa shape index (κ1) is 13.6. The predicted octanol–water partition coefficient (Wildman–Crippen LogP) is 0.367. The Morgan fingerprint density at radius 1 is 1.47 bits per heavy atom. The summed E-state index contributed by atoms with van der Waals surface area (Å²) in [6.07, 6.45) is -0.153. The van der Waals surface area contributed by atoms with E-state index in [0.717, 1.165) is 5.69 Å². The van der Waals surface area contributed by atoms with Crippen molar-refractivity contribution >= 4 is 11.5 Å². The topological polar surface area (TPSA) is 91.3 Å². The number of benzene rings is 1. The number of amidine groups is 1. The van der Waals surface area contributed by atoms with Gasteiger partial charge in [0.15, 0.2) is 5.84 Å². The Balaban J connectivity index is 2.16. The second kappa shape index (κ2) is 5.90. The van der Waals surface area contributed by atoms with Crippen LogP contribution in [0, 0.1) is 0 Å². The van der Waals surface area contributed by atoms with Gasteiger partial charge >= 0.3 is 0 Å². The number of oxime groups is 1. The SMILES string of the molecule is CC1COC(CO)CN1c1ccc(/C(N)=N/O)cc1. The van der Waals surface area contributed by atoms with Crippen LogP contribution in [0.5, 0.6) is 0 Å². The summed E-state index contributed by atoms with van der Waals surface area (Å²) >= 11 is 0. The van der Waals surface area contributed by atoms with Crippen LogP contribution >= 0.6 is 0 Å². The van der Waals surface area contributed by atoms with Gasteiger partial charge in [-0.3, -0.25) is 0 Å². The lowest BCUT2D eigenvalue weighted by Gasteiger charge is -2.39. The summed E-state index contributed by atoms with van der Waals surface area (Å²) < 4.78 is 5.51. The van der Waals surface area contributed by atoms with Crippen LogP contribution in [0.2, 0.25) is 0 Å². The molecule has 0 spiro atoms. The third-order valence-corrected chi connectivity index (χ3v) is 3.31. The first-order valence-corrected chi connectivity index (χ1v) is 6.22. The molecule has 104 valence electrons. The maximum atomic E-state index is 9.18. The van der Waals surface area contributed by atoms with Gasteiger partial charge in [-0.15, -0.1) is 0 Å².